The van der Waals surface area contributed by atoms with E-state index in [2.05, 4.69) is 23.4 Å². The van der Waals surface area contributed by atoms with Gasteiger partial charge < -0.3 is 15.2 Å². The van der Waals surface area contributed by atoms with Crippen LogP contribution in [0.1, 0.15) is 5.56 Å². The number of hydrogen-bond donors (Lipinski definition) is 1. The average Bonchev–Trinajstić information content (AvgIpc) is 2.64. The lowest BCUT2D eigenvalue weighted by Gasteiger charge is -2.16. The van der Waals surface area contributed by atoms with Crippen LogP contribution in [-0.2, 0) is 0 Å². The number of nitrogens with zero attached hydrogens (tertiary/aromatic N) is 2. The zero-order valence-electron chi connectivity index (χ0n) is 9.69. The molecule has 16 heavy (non-hydrogen) atoms. The highest BCUT2D eigenvalue weighted by molar-refractivity contribution is 5.77. The van der Waals surface area contributed by atoms with Crippen molar-refractivity contribution in [3.8, 4) is 11.3 Å². The van der Waals surface area contributed by atoms with Gasteiger partial charge in [0.2, 0.25) is 5.88 Å². The third kappa shape index (κ3) is 1.86. The second-order valence-electron chi connectivity index (χ2n) is 4.03. The Hall–Kier alpha value is -1.97. The van der Waals surface area contributed by atoms with Gasteiger partial charge in [0.15, 0.2) is 0 Å². The Bertz CT molecular complexity index is 503. The van der Waals surface area contributed by atoms with Crippen molar-refractivity contribution in [3.63, 3.8) is 0 Å². The van der Waals surface area contributed by atoms with E-state index in [1.165, 1.54) is 5.56 Å². The van der Waals surface area contributed by atoms with Crippen molar-refractivity contribution in [2.45, 2.75) is 6.92 Å². The summed E-state index contributed by atoms with van der Waals surface area (Å²) < 4.78 is 4.90. The van der Waals surface area contributed by atoms with E-state index in [4.69, 9.17) is 10.3 Å². The van der Waals surface area contributed by atoms with Crippen molar-refractivity contribution in [3.05, 3.63) is 29.8 Å². The highest BCUT2D eigenvalue weighted by atomic mass is 16.5. The third-order valence-electron chi connectivity index (χ3n) is 2.44. The number of rotatable bonds is 2. The molecular weight excluding hydrogens is 202 g/mol. The molecule has 0 atom stereocenters. The van der Waals surface area contributed by atoms with Gasteiger partial charge in [-0.15, -0.1) is 0 Å². The Labute approximate surface area is 94.6 Å². The zero-order chi connectivity index (χ0) is 11.7. The average molecular weight is 217 g/mol. The molecule has 0 aliphatic heterocycles. The van der Waals surface area contributed by atoms with E-state index in [0.29, 0.717) is 5.88 Å². The minimum atomic E-state index is 0.334. The van der Waals surface area contributed by atoms with E-state index in [1.807, 2.05) is 25.9 Å². The predicted molar refractivity (Wildman–Crippen MR) is 65.4 cm³/mol. The van der Waals surface area contributed by atoms with E-state index in [0.717, 1.165) is 16.9 Å². The van der Waals surface area contributed by atoms with Crippen molar-refractivity contribution in [2.24, 2.45) is 0 Å². The molecule has 0 unspecified atom stereocenters. The van der Waals surface area contributed by atoms with Crippen molar-refractivity contribution in [1.29, 1.82) is 0 Å². The molecule has 0 amide bonds. The summed E-state index contributed by atoms with van der Waals surface area (Å²) >= 11 is 0. The molecule has 0 aliphatic carbocycles. The topological polar surface area (TPSA) is 55.3 Å². The maximum Gasteiger partial charge on any atom is 0.222 e. The molecule has 1 aromatic heterocycles. The number of nitrogen functional groups attached to an aromatic ring is 1. The predicted octanol–water partition coefficient (Wildman–Crippen LogP) is 2.30. The Morgan fingerprint density at radius 1 is 1.25 bits per heavy atom. The SMILES string of the molecule is Cc1ccc(N(C)C)c(-c2cc(N)on2)c1. The van der Waals surface area contributed by atoms with Crippen LogP contribution < -0.4 is 10.6 Å². The van der Waals surface area contributed by atoms with Gasteiger partial charge in [0, 0.05) is 31.4 Å². The van der Waals surface area contributed by atoms with Gasteiger partial charge in [-0.3, -0.25) is 0 Å². The summed E-state index contributed by atoms with van der Waals surface area (Å²) in [5, 5.41) is 3.94. The first-order valence-electron chi connectivity index (χ1n) is 5.08. The Morgan fingerprint density at radius 3 is 2.56 bits per heavy atom. The molecule has 0 radical (unpaired) electrons. The number of aryl methyl sites for hydroxylation is 1. The van der Waals surface area contributed by atoms with Crippen LogP contribution in [-0.4, -0.2) is 19.3 Å². The van der Waals surface area contributed by atoms with Gasteiger partial charge in [0.1, 0.15) is 5.69 Å². The van der Waals surface area contributed by atoms with Crippen LogP contribution in [0.25, 0.3) is 11.3 Å². The lowest BCUT2D eigenvalue weighted by molar-refractivity contribution is 0.439. The van der Waals surface area contributed by atoms with Gasteiger partial charge in [-0.05, 0) is 19.1 Å². The number of aromatic nitrogens is 1. The number of benzene rings is 1. The van der Waals surface area contributed by atoms with Crippen molar-refractivity contribution >= 4 is 11.6 Å². The highest BCUT2D eigenvalue weighted by Crippen LogP contribution is 2.30. The normalized spacial score (nSPS) is 10.4. The Morgan fingerprint density at radius 2 is 2.00 bits per heavy atom. The summed E-state index contributed by atoms with van der Waals surface area (Å²) in [6, 6.07) is 7.95. The number of hydrogen-bond acceptors (Lipinski definition) is 4. The molecule has 0 saturated carbocycles. The molecule has 0 aliphatic rings. The first-order chi connectivity index (χ1) is 7.58. The Kier molecular flexibility index (Phi) is 2.56. The van der Waals surface area contributed by atoms with Crippen LogP contribution in [0.5, 0.6) is 0 Å². The van der Waals surface area contributed by atoms with Crippen LogP contribution in [0.4, 0.5) is 11.6 Å². The molecule has 4 nitrogen and oxygen atoms in total. The van der Waals surface area contributed by atoms with Crippen molar-refractivity contribution in [1.82, 2.24) is 5.16 Å². The maximum atomic E-state index is 5.54. The largest absolute Gasteiger partial charge is 0.377 e. The summed E-state index contributed by atoms with van der Waals surface area (Å²) in [5.41, 5.74) is 9.62. The van der Waals surface area contributed by atoms with Gasteiger partial charge in [-0.25, -0.2) is 0 Å². The van der Waals surface area contributed by atoms with Crippen LogP contribution in [0, 0.1) is 6.92 Å². The van der Waals surface area contributed by atoms with Crippen molar-refractivity contribution in [2.75, 3.05) is 24.7 Å². The second-order valence-corrected chi connectivity index (χ2v) is 4.03. The maximum absolute atomic E-state index is 5.54. The molecule has 84 valence electrons. The summed E-state index contributed by atoms with van der Waals surface area (Å²) in [6.07, 6.45) is 0. The van der Waals surface area contributed by atoms with Crippen LogP contribution in [0.3, 0.4) is 0 Å². The molecule has 0 bridgehead atoms. The number of nitrogens with two attached hydrogens (primary N) is 1. The van der Waals surface area contributed by atoms with Gasteiger partial charge in [0.25, 0.3) is 0 Å². The lowest BCUT2D eigenvalue weighted by atomic mass is 10.1. The lowest BCUT2D eigenvalue weighted by Crippen LogP contribution is -2.10. The first kappa shape index (κ1) is 10.5. The fraction of sp³-hybridized carbons (Fsp3) is 0.250. The smallest absolute Gasteiger partial charge is 0.222 e. The molecule has 1 heterocycles. The van der Waals surface area contributed by atoms with Gasteiger partial charge in [-0.1, -0.05) is 16.8 Å². The zero-order valence-corrected chi connectivity index (χ0v) is 9.69. The molecule has 1 aromatic carbocycles. The molecule has 2 N–H and O–H groups in total. The van der Waals surface area contributed by atoms with Gasteiger partial charge in [-0.2, -0.15) is 0 Å². The van der Waals surface area contributed by atoms with Crippen molar-refractivity contribution < 1.29 is 4.52 Å². The molecule has 2 aromatic rings. The summed E-state index contributed by atoms with van der Waals surface area (Å²) in [7, 11) is 4.00. The molecule has 4 heteroatoms. The van der Waals surface area contributed by atoms with Gasteiger partial charge in [0.05, 0.1) is 0 Å². The third-order valence-corrected chi connectivity index (χ3v) is 2.44. The summed E-state index contributed by atoms with van der Waals surface area (Å²) in [6.45, 7) is 2.05. The molecule has 0 fully saturated rings. The second kappa shape index (κ2) is 3.89. The molecule has 2 rings (SSSR count). The van der Waals surface area contributed by atoms with E-state index in [9.17, 15) is 0 Å². The van der Waals surface area contributed by atoms with E-state index < -0.39 is 0 Å². The van der Waals surface area contributed by atoms with Crippen LogP contribution in [0.15, 0.2) is 28.8 Å². The van der Waals surface area contributed by atoms with E-state index in [-0.39, 0.29) is 0 Å². The summed E-state index contributed by atoms with van der Waals surface area (Å²) in [5.74, 6) is 0.334. The standard InChI is InChI=1S/C12H15N3O/c1-8-4-5-11(15(2)3)9(6-8)10-7-12(13)16-14-10/h4-7H,13H2,1-3H3. The molecule has 0 spiro atoms. The fourth-order valence-corrected chi connectivity index (χ4v) is 1.66. The fourth-order valence-electron chi connectivity index (χ4n) is 1.66. The Balaban J connectivity index is 2.57. The number of anilines is 2. The monoisotopic (exact) mass is 217 g/mol. The van der Waals surface area contributed by atoms with E-state index in [1.54, 1.807) is 6.07 Å². The highest BCUT2D eigenvalue weighted by Gasteiger charge is 2.11. The van der Waals surface area contributed by atoms with E-state index >= 15 is 0 Å². The molecular formula is C12H15N3O. The minimum Gasteiger partial charge on any atom is -0.377 e. The first-order valence-corrected chi connectivity index (χ1v) is 5.08. The summed E-state index contributed by atoms with van der Waals surface area (Å²) in [4.78, 5) is 2.04. The quantitative estimate of drug-likeness (QED) is 0.838. The van der Waals surface area contributed by atoms with Gasteiger partial charge >= 0.3 is 0 Å². The van der Waals surface area contributed by atoms with Crippen LogP contribution >= 0.6 is 0 Å². The minimum absolute atomic E-state index is 0.334. The molecule has 0 saturated heterocycles. The van der Waals surface area contributed by atoms with Crippen LogP contribution in [0.2, 0.25) is 0 Å².